The number of carbonyl (C=O) groups is 1. The predicted octanol–water partition coefficient (Wildman–Crippen LogP) is 1.75. The number of rotatable bonds is 7. The Morgan fingerprint density at radius 3 is 2.80 bits per heavy atom. The van der Waals surface area contributed by atoms with Gasteiger partial charge in [0.25, 0.3) is 5.69 Å². The van der Waals surface area contributed by atoms with Gasteiger partial charge in [0.2, 0.25) is 5.91 Å². The van der Waals surface area contributed by atoms with Crippen LogP contribution in [-0.2, 0) is 11.3 Å². The third-order valence-corrected chi connectivity index (χ3v) is 2.53. The van der Waals surface area contributed by atoms with E-state index in [0.29, 0.717) is 13.1 Å². The number of halogens is 1. The summed E-state index contributed by atoms with van der Waals surface area (Å²) in [6, 6.07) is 6.28. The molecule has 0 spiro atoms. The van der Waals surface area contributed by atoms with Crippen molar-refractivity contribution in [3.8, 4) is 0 Å². The molecule has 1 rings (SSSR count). The van der Waals surface area contributed by atoms with Crippen molar-refractivity contribution in [1.82, 2.24) is 10.2 Å². The van der Waals surface area contributed by atoms with E-state index >= 15 is 0 Å². The summed E-state index contributed by atoms with van der Waals surface area (Å²) in [7, 11) is 1.69. The molecule has 20 heavy (non-hydrogen) atoms. The number of likely N-dealkylation sites (N-methyl/N-ethyl adjacent to an activating group) is 1. The van der Waals surface area contributed by atoms with Crippen LogP contribution in [0.3, 0.4) is 0 Å². The molecule has 110 valence electrons. The smallest absolute Gasteiger partial charge is 0.269 e. The zero-order valence-electron chi connectivity index (χ0n) is 11.2. The van der Waals surface area contributed by atoms with Gasteiger partial charge in [-0.05, 0) is 12.6 Å². The van der Waals surface area contributed by atoms with Crippen molar-refractivity contribution in [1.29, 1.82) is 0 Å². The minimum atomic E-state index is -0.448. The van der Waals surface area contributed by atoms with E-state index < -0.39 is 4.92 Å². The van der Waals surface area contributed by atoms with Crippen molar-refractivity contribution < 1.29 is 9.72 Å². The third kappa shape index (κ3) is 5.38. The summed E-state index contributed by atoms with van der Waals surface area (Å²) in [5, 5.41) is 13.5. The highest BCUT2D eigenvalue weighted by atomic mass is 35.5. The maximum absolute atomic E-state index is 11.8. The first kappa shape index (κ1) is 18.1. The number of nitro groups is 1. The van der Waals surface area contributed by atoms with E-state index in [2.05, 4.69) is 11.9 Å². The fourth-order valence-corrected chi connectivity index (χ4v) is 1.66. The standard InChI is InChI=1S/C13H17N3O3.ClH/c1-3-7-15(13(17)9-14-2)10-11-5-4-6-12(8-11)16(18)19;/h3-6,8,14H,1,7,9-10H2,2H3;1H. The van der Waals surface area contributed by atoms with Crippen molar-refractivity contribution in [3.05, 3.63) is 52.6 Å². The Morgan fingerprint density at radius 2 is 2.25 bits per heavy atom. The lowest BCUT2D eigenvalue weighted by Gasteiger charge is -2.21. The predicted molar refractivity (Wildman–Crippen MR) is 79.9 cm³/mol. The fourth-order valence-electron chi connectivity index (χ4n) is 1.66. The van der Waals surface area contributed by atoms with Crippen LogP contribution in [0.4, 0.5) is 5.69 Å². The van der Waals surface area contributed by atoms with Crippen LogP contribution in [0.5, 0.6) is 0 Å². The number of amides is 1. The van der Waals surface area contributed by atoms with Gasteiger partial charge < -0.3 is 10.2 Å². The lowest BCUT2D eigenvalue weighted by Crippen LogP contribution is -2.36. The Kier molecular flexibility index (Phi) is 8.19. The Morgan fingerprint density at radius 1 is 1.55 bits per heavy atom. The van der Waals surface area contributed by atoms with Gasteiger partial charge in [0.15, 0.2) is 0 Å². The molecule has 1 N–H and O–H groups in total. The van der Waals surface area contributed by atoms with Gasteiger partial charge in [0.05, 0.1) is 11.5 Å². The van der Waals surface area contributed by atoms with E-state index in [1.54, 1.807) is 30.2 Å². The molecule has 0 heterocycles. The van der Waals surface area contributed by atoms with Crippen LogP contribution in [0.15, 0.2) is 36.9 Å². The van der Waals surface area contributed by atoms with Crippen molar-refractivity contribution in [2.75, 3.05) is 20.1 Å². The second-order valence-electron chi connectivity index (χ2n) is 4.02. The van der Waals surface area contributed by atoms with E-state index in [1.165, 1.54) is 12.1 Å². The number of benzene rings is 1. The number of nitrogens with zero attached hydrogens (tertiary/aromatic N) is 2. The van der Waals surface area contributed by atoms with Crippen LogP contribution in [0, 0.1) is 10.1 Å². The molecule has 1 amide bonds. The van der Waals surface area contributed by atoms with Crippen LogP contribution < -0.4 is 5.32 Å². The molecule has 0 aliphatic carbocycles. The van der Waals surface area contributed by atoms with Crippen LogP contribution in [0.25, 0.3) is 0 Å². The topological polar surface area (TPSA) is 75.5 Å². The monoisotopic (exact) mass is 299 g/mol. The second-order valence-corrected chi connectivity index (χ2v) is 4.02. The molecule has 6 nitrogen and oxygen atoms in total. The molecular formula is C13H18ClN3O3. The number of nitrogens with one attached hydrogen (secondary N) is 1. The van der Waals surface area contributed by atoms with Gasteiger partial charge >= 0.3 is 0 Å². The van der Waals surface area contributed by atoms with Gasteiger partial charge in [-0.15, -0.1) is 19.0 Å². The zero-order chi connectivity index (χ0) is 14.3. The summed E-state index contributed by atoms with van der Waals surface area (Å²) in [6.45, 7) is 4.57. The molecule has 0 bridgehead atoms. The molecule has 0 saturated heterocycles. The van der Waals surface area contributed by atoms with Crippen molar-refractivity contribution >= 4 is 24.0 Å². The molecule has 0 aromatic heterocycles. The zero-order valence-corrected chi connectivity index (χ0v) is 12.1. The van der Waals surface area contributed by atoms with Crippen molar-refractivity contribution in [3.63, 3.8) is 0 Å². The highest BCUT2D eigenvalue weighted by Crippen LogP contribution is 2.14. The van der Waals surface area contributed by atoms with E-state index in [-0.39, 0.29) is 30.5 Å². The number of hydrogen-bond acceptors (Lipinski definition) is 4. The lowest BCUT2D eigenvalue weighted by molar-refractivity contribution is -0.384. The molecule has 0 unspecified atom stereocenters. The SMILES string of the molecule is C=CCN(Cc1cccc([N+](=O)[O-])c1)C(=O)CNC.Cl. The number of carbonyl (C=O) groups excluding carboxylic acids is 1. The minimum Gasteiger partial charge on any atom is -0.334 e. The summed E-state index contributed by atoms with van der Waals surface area (Å²) in [4.78, 5) is 23.7. The van der Waals surface area contributed by atoms with E-state index in [1.807, 2.05) is 0 Å². The Balaban J connectivity index is 0.00000361. The Hall–Kier alpha value is -1.92. The number of nitro benzene ring substituents is 1. The maximum Gasteiger partial charge on any atom is 0.269 e. The summed E-state index contributed by atoms with van der Waals surface area (Å²) in [5.41, 5.74) is 0.748. The van der Waals surface area contributed by atoms with Crippen LogP contribution in [-0.4, -0.2) is 35.9 Å². The molecule has 1 aromatic rings. The van der Waals surface area contributed by atoms with Crippen LogP contribution >= 0.6 is 12.4 Å². The average molecular weight is 300 g/mol. The first-order chi connectivity index (χ1) is 9.08. The number of non-ortho nitro benzene ring substituents is 1. The molecule has 0 radical (unpaired) electrons. The average Bonchev–Trinajstić information content (AvgIpc) is 2.39. The molecule has 1 aromatic carbocycles. The third-order valence-electron chi connectivity index (χ3n) is 2.53. The largest absolute Gasteiger partial charge is 0.334 e. The summed E-state index contributed by atoms with van der Waals surface area (Å²) in [6.07, 6.45) is 1.63. The van der Waals surface area contributed by atoms with Gasteiger partial charge in [-0.3, -0.25) is 14.9 Å². The minimum absolute atomic E-state index is 0. The van der Waals surface area contributed by atoms with Gasteiger partial charge in [-0.25, -0.2) is 0 Å². The van der Waals surface area contributed by atoms with E-state index in [0.717, 1.165) is 5.56 Å². The molecule has 0 atom stereocenters. The van der Waals surface area contributed by atoms with Crippen molar-refractivity contribution in [2.24, 2.45) is 0 Å². The van der Waals surface area contributed by atoms with E-state index in [4.69, 9.17) is 0 Å². The number of hydrogen-bond donors (Lipinski definition) is 1. The van der Waals surface area contributed by atoms with Gasteiger partial charge in [0.1, 0.15) is 0 Å². The fraction of sp³-hybridized carbons (Fsp3) is 0.308. The highest BCUT2D eigenvalue weighted by Gasteiger charge is 2.13. The molecule has 0 fully saturated rings. The molecular weight excluding hydrogens is 282 g/mol. The molecule has 7 heteroatoms. The lowest BCUT2D eigenvalue weighted by atomic mass is 10.2. The first-order valence-corrected chi connectivity index (χ1v) is 5.85. The summed E-state index contributed by atoms with van der Waals surface area (Å²) < 4.78 is 0. The van der Waals surface area contributed by atoms with Crippen molar-refractivity contribution in [2.45, 2.75) is 6.54 Å². The highest BCUT2D eigenvalue weighted by molar-refractivity contribution is 5.85. The van der Waals surface area contributed by atoms with Gasteiger partial charge in [0, 0.05) is 25.2 Å². The van der Waals surface area contributed by atoms with Gasteiger partial charge in [-0.2, -0.15) is 0 Å². The second kappa shape index (κ2) is 9.06. The summed E-state index contributed by atoms with van der Waals surface area (Å²) >= 11 is 0. The molecule has 0 aliphatic heterocycles. The normalized spacial score (nSPS) is 9.45. The first-order valence-electron chi connectivity index (χ1n) is 5.85. The Labute approximate surface area is 124 Å². The van der Waals surface area contributed by atoms with Crippen LogP contribution in [0.2, 0.25) is 0 Å². The Bertz CT molecular complexity index is 480. The maximum atomic E-state index is 11.8. The van der Waals surface area contributed by atoms with Gasteiger partial charge in [-0.1, -0.05) is 18.2 Å². The summed E-state index contributed by atoms with van der Waals surface area (Å²) in [5.74, 6) is -0.0751. The van der Waals surface area contributed by atoms with E-state index in [9.17, 15) is 14.9 Å². The quantitative estimate of drug-likeness (QED) is 0.473. The molecule has 0 saturated carbocycles. The van der Waals surface area contributed by atoms with Crippen LogP contribution in [0.1, 0.15) is 5.56 Å². The molecule has 0 aliphatic rings.